The van der Waals surface area contributed by atoms with Crippen molar-refractivity contribution >= 4 is 11.7 Å². The Kier molecular flexibility index (Phi) is 5.41. The molecule has 4 heteroatoms. The molecule has 0 saturated carbocycles. The van der Waals surface area contributed by atoms with E-state index in [1.807, 2.05) is 31.2 Å². The molecule has 1 aliphatic rings. The summed E-state index contributed by atoms with van der Waals surface area (Å²) in [5.41, 5.74) is 7.49. The normalized spacial score (nSPS) is 20.4. The standard InChI is InChI=1S/C16H23NO3/c1-12(13-5-7-14(17)8-6-13)10-16(18)20-11-15-4-2-3-9-19-15/h5-8,12,15H,2-4,9-11,17H2,1H3. The van der Waals surface area contributed by atoms with Crippen LogP contribution in [0.1, 0.15) is 44.1 Å². The van der Waals surface area contributed by atoms with Crippen LogP contribution in [0.2, 0.25) is 0 Å². The molecule has 0 amide bonds. The quantitative estimate of drug-likeness (QED) is 0.664. The second-order valence-electron chi connectivity index (χ2n) is 5.44. The first kappa shape index (κ1) is 14.9. The molecular weight excluding hydrogens is 254 g/mol. The van der Waals surface area contributed by atoms with Crippen LogP contribution in [-0.2, 0) is 14.3 Å². The van der Waals surface area contributed by atoms with Crippen LogP contribution in [0.25, 0.3) is 0 Å². The molecule has 1 aromatic rings. The fourth-order valence-electron chi connectivity index (χ4n) is 2.38. The maximum absolute atomic E-state index is 11.8. The number of nitrogens with two attached hydrogens (primary N) is 1. The third-order valence-electron chi connectivity index (χ3n) is 3.68. The van der Waals surface area contributed by atoms with Crippen molar-refractivity contribution in [2.24, 2.45) is 0 Å². The van der Waals surface area contributed by atoms with Crippen LogP contribution in [0.5, 0.6) is 0 Å². The molecule has 1 aliphatic heterocycles. The Labute approximate surface area is 120 Å². The van der Waals surface area contributed by atoms with Gasteiger partial charge in [0.05, 0.1) is 12.5 Å². The Balaban J connectivity index is 1.74. The van der Waals surface area contributed by atoms with Crippen LogP contribution in [0.3, 0.4) is 0 Å². The number of hydrogen-bond acceptors (Lipinski definition) is 4. The van der Waals surface area contributed by atoms with Gasteiger partial charge in [-0.3, -0.25) is 4.79 Å². The monoisotopic (exact) mass is 277 g/mol. The number of carbonyl (C=O) groups excluding carboxylic acids is 1. The van der Waals surface area contributed by atoms with E-state index in [0.717, 1.165) is 37.1 Å². The highest BCUT2D eigenvalue weighted by molar-refractivity contribution is 5.70. The summed E-state index contributed by atoms with van der Waals surface area (Å²) in [6.07, 6.45) is 3.72. The smallest absolute Gasteiger partial charge is 0.306 e. The van der Waals surface area contributed by atoms with E-state index in [-0.39, 0.29) is 18.0 Å². The van der Waals surface area contributed by atoms with Crippen LogP contribution < -0.4 is 5.73 Å². The highest BCUT2D eigenvalue weighted by atomic mass is 16.6. The van der Waals surface area contributed by atoms with Crippen molar-refractivity contribution in [3.05, 3.63) is 29.8 Å². The van der Waals surface area contributed by atoms with Crippen LogP contribution in [0.15, 0.2) is 24.3 Å². The van der Waals surface area contributed by atoms with Crippen molar-refractivity contribution in [2.45, 2.75) is 44.6 Å². The molecule has 1 fully saturated rings. The maximum atomic E-state index is 11.8. The summed E-state index contributed by atoms with van der Waals surface area (Å²) in [6.45, 7) is 3.18. The average molecular weight is 277 g/mol. The minimum Gasteiger partial charge on any atom is -0.463 e. The number of rotatable bonds is 5. The number of benzene rings is 1. The van der Waals surface area contributed by atoms with Gasteiger partial charge in [-0.15, -0.1) is 0 Å². The molecule has 2 unspecified atom stereocenters. The molecule has 1 heterocycles. The molecule has 0 bridgehead atoms. The van der Waals surface area contributed by atoms with Crippen LogP contribution in [-0.4, -0.2) is 25.3 Å². The zero-order chi connectivity index (χ0) is 14.4. The molecule has 2 rings (SSSR count). The van der Waals surface area contributed by atoms with Crippen LogP contribution in [0.4, 0.5) is 5.69 Å². The molecule has 4 nitrogen and oxygen atoms in total. The molecule has 2 atom stereocenters. The molecular formula is C16H23NO3. The van der Waals surface area contributed by atoms with E-state index >= 15 is 0 Å². The van der Waals surface area contributed by atoms with Gasteiger partial charge in [-0.2, -0.15) is 0 Å². The van der Waals surface area contributed by atoms with Crippen LogP contribution >= 0.6 is 0 Å². The van der Waals surface area contributed by atoms with Gasteiger partial charge in [0.25, 0.3) is 0 Å². The fraction of sp³-hybridized carbons (Fsp3) is 0.562. The van der Waals surface area contributed by atoms with E-state index in [1.165, 1.54) is 0 Å². The molecule has 0 aliphatic carbocycles. The van der Waals surface area contributed by atoms with E-state index in [2.05, 4.69) is 0 Å². The van der Waals surface area contributed by atoms with Gasteiger partial charge >= 0.3 is 5.97 Å². The first-order valence-corrected chi connectivity index (χ1v) is 7.28. The number of esters is 1. The van der Waals surface area contributed by atoms with Crippen molar-refractivity contribution in [2.75, 3.05) is 18.9 Å². The molecule has 1 saturated heterocycles. The first-order chi connectivity index (χ1) is 9.65. The van der Waals surface area contributed by atoms with Crippen molar-refractivity contribution < 1.29 is 14.3 Å². The summed E-state index contributed by atoms with van der Waals surface area (Å²) in [5, 5.41) is 0. The maximum Gasteiger partial charge on any atom is 0.306 e. The van der Waals surface area contributed by atoms with Crippen molar-refractivity contribution in [1.82, 2.24) is 0 Å². The van der Waals surface area contributed by atoms with E-state index in [0.29, 0.717) is 13.0 Å². The number of carbonyl (C=O) groups is 1. The number of hydrogen-bond donors (Lipinski definition) is 1. The van der Waals surface area contributed by atoms with E-state index in [9.17, 15) is 4.79 Å². The fourth-order valence-corrected chi connectivity index (χ4v) is 2.38. The highest BCUT2D eigenvalue weighted by Gasteiger charge is 2.17. The summed E-state index contributed by atoms with van der Waals surface area (Å²) in [5.74, 6) is -0.0288. The van der Waals surface area contributed by atoms with E-state index in [4.69, 9.17) is 15.2 Å². The average Bonchev–Trinajstić information content (AvgIpc) is 2.47. The molecule has 1 aromatic carbocycles. The first-order valence-electron chi connectivity index (χ1n) is 7.28. The number of nitrogen functional groups attached to an aromatic ring is 1. The Bertz CT molecular complexity index is 424. The van der Waals surface area contributed by atoms with E-state index < -0.39 is 0 Å². The molecule has 0 aromatic heterocycles. The van der Waals surface area contributed by atoms with Gasteiger partial charge in [0, 0.05) is 12.3 Å². The van der Waals surface area contributed by atoms with Gasteiger partial charge in [-0.25, -0.2) is 0 Å². The topological polar surface area (TPSA) is 61.5 Å². The van der Waals surface area contributed by atoms with Gasteiger partial charge in [0.1, 0.15) is 6.61 Å². The molecule has 0 spiro atoms. The van der Waals surface area contributed by atoms with Gasteiger partial charge in [-0.1, -0.05) is 19.1 Å². The summed E-state index contributed by atoms with van der Waals surface area (Å²) in [6, 6.07) is 7.62. The molecule has 110 valence electrons. The summed E-state index contributed by atoms with van der Waals surface area (Å²) in [4.78, 5) is 11.8. The number of ether oxygens (including phenoxy) is 2. The van der Waals surface area contributed by atoms with Crippen molar-refractivity contribution in [3.63, 3.8) is 0 Å². The van der Waals surface area contributed by atoms with Gasteiger partial charge in [-0.05, 0) is 42.9 Å². The number of anilines is 1. The van der Waals surface area contributed by atoms with E-state index in [1.54, 1.807) is 0 Å². The SMILES string of the molecule is CC(CC(=O)OCC1CCCCO1)c1ccc(N)cc1. The Morgan fingerprint density at radius 1 is 1.40 bits per heavy atom. The van der Waals surface area contributed by atoms with Crippen molar-refractivity contribution in [3.8, 4) is 0 Å². The molecule has 2 N–H and O–H groups in total. The molecule has 0 radical (unpaired) electrons. The Morgan fingerprint density at radius 3 is 2.80 bits per heavy atom. The van der Waals surface area contributed by atoms with Gasteiger partial charge < -0.3 is 15.2 Å². The predicted molar refractivity (Wildman–Crippen MR) is 78.4 cm³/mol. The third-order valence-corrected chi connectivity index (χ3v) is 3.68. The largest absolute Gasteiger partial charge is 0.463 e. The van der Waals surface area contributed by atoms with Gasteiger partial charge in [0.15, 0.2) is 0 Å². The Morgan fingerprint density at radius 2 is 2.15 bits per heavy atom. The van der Waals surface area contributed by atoms with Gasteiger partial charge in [0.2, 0.25) is 0 Å². The predicted octanol–water partition coefficient (Wildman–Crippen LogP) is 2.87. The minimum absolute atomic E-state index is 0.0829. The molecule has 20 heavy (non-hydrogen) atoms. The lowest BCUT2D eigenvalue weighted by atomic mass is 9.98. The summed E-state index contributed by atoms with van der Waals surface area (Å²) in [7, 11) is 0. The second-order valence-corrected chi connectivity index (χ2v) is 5.44. The minimum atomic E-state index is -0.163. The highest BCUT2D eigenvalue weighted by Crippen LogP contribution is 2.21. The summed E-state index contributed by atoms with van der Waals surface area (Å²) < 4.78 is 10.8. The summed E-state index contributed by atoms with van der Waals surface area (Å²) >= 11 is 0. The van der Waals surface area contributed by atoms with Crippen LogP contribution in [0, 0.1) is 0 Å². The second kappa shape index (κ2) is 7.29. The lowest BCUT2D eigenvalue weighted by Gasteiger charge is -2.22. The lowest BCUT2D eigenvalue weighted by molar-refractivity contribution is -0.149. The zero-order valence-electron chi connectivity index (χ0n) is 12.0. The Hall–Kier alpha value is -1.55. The zero-order valence-corrected chi connectivity index (χ0v) is 12.0. The lowest BCUT2D eigenvalue weighted by Crippen LogP contribution is -2.26. The third kappa shape index (κ3) is 4.53. The van der Waals surface area contributed by atoms with Crippen molar-refractivity contribution in [1.29, 1.82) is 0 Å².